The molecule has 0 N–H and O–H groups in total. The molecule has 0 aromatic heterocycles. The van der Waals surface area contributed by atoms with E-state index in [-0.39, 0.29) is 32.0 Å². The molecule has 0 aliphatic rings. The van der Waals surface area contributed by atoms with Crippen LogP contribution in [0.5, 0.6) is 5.75 Å². The molecule has 0 bridgehead atoms. The van der Waals surface area contributed by atoms with E-state index in [1.807, 2.05) is 44.2 Å². The molecule has 6 heteroatoms. The molecule has 1 aromatic rings. The Morgan fingerprint density at radius 1 is 0.900 bits per heavy atom. The topological polar surface area (TPSA) is 78.9 Å². The van der Waals surface area contributed by atoms with Crippen LogP contribution in [0.3, 0.4) is 0 Å². The number of para-hydroxylation sites is 1. The molecule has 30 heavy (non-hydrogen) atoms. The second-order valence-electron chi connectivity index (χ2n) is 6.90. The molecule has 164 valence electrons. The number of esters is 3. The van der Waals surface area contributed by atoms with E-state index in [1.165, 1.54) is 0 Å². The third-order valence-electron chi connectivity index (χ3n) is 4.27. The van der Waals surface area contributed by atoms with Crippen LogP contribution in [0.15, 0.2) is 53.6 Å². The molecule has 0 spiro atoms. The Morgan fingerprint density at radius 2 is 1.50 bits per heavy atom. The Kier molecular flexibility index (Phi) is 11.9. The SMILES string of the molecule is CCOC(=O)C(C/C=C(\C)CC/C=C(\C)CC(=O)Oc1ccccc1)C(=O)OCC. The molecule has 0 unspecified atom stereocenters. The third kappa shape index (κ3) is 10.0. The van der Waals surface area contributed by atoms with Crippen molar-refractivity contribution >= 4 is 17.9 Å². The molecule has 0 saturated carbocycles. The number of hydrogen-bond acceptors (Lipinski definition) is 6. The largest absolute Gasteiger partial charge is 0.465 e. The smallest absolute Gasteiger partial charge is 0.320 e. The Balaban J connectivity index is 2.50. The van der Waals surface area contributed by atoms with Crippen molar-refractivity contribution in [2.45, 2.75) is 53.4 Å². The normalized spacial score (nSPS) is 11.9. The average Bonchev–Trinajstić information content (AvgIpc) is 2.69. The number of allylic oxidation sites excluding steroid dienone is 3. The molecular formula is C24H32O6. The van der Waals surface area contributed by atoms with Crippen LogP contribution in [0.25, 0.3) is 0 Å². The van der Waals surface area contributed by atoms with Crippen LogP contribution in [0, 0.1) is 5.92 Å². The zero-order chi connectivity index (χ0) is 22.4. The minimum absolute atomic E-state index is 0.216. The fourth-order valence-corrected chi connectivity index (χ4v) is 2.70. The minimum Gasteiger partial charge on any atom is -0.465 e. The van der Waals surface area contributed by atoms with E-state index in [0.29, 0.717) is 5.75 Å². The predicted octanol–water partition coefficient (Wildman–Crippen LogP) is 4.79. The molecule has 6 nitrogen and oxygen atoms in total. The minimum atomic E-state index is -0.940. The van der Waals surface area contributed by atoms with Crippen molar-refractivity contribution in [3.8, 4) is 5.75 Å². The number of rotatable bonds is 12. The van der Waals surface area contributed by atoms with Crippen LogP contribution < -0.4 is 4.74 Å². The van der Waals surface area contributed by atoms with E-state index >= 15 is 0 Å². The van der Waals surface area contributed by atoms with Crippen molar-refractivity contribution in [2.75, 3.05) is 13.2 Å². The lowest BCUT2D eigenvalue weighted by Gasteiger charge is -2.13. The van der Waals surface area contributed by atoms with Gasteiger partial charge in [-0.3, -0.25) is 14.4 Å². The summed E-state index contributed by atoms with van der Waals surface area (Å²) in [4.78, 5) is 36.0. The van der Waals surface area contributed by atoms with Gasteiger partial charge in [-0.05, 0) is 59.1 Å². The van der Waals surface area contributed by atoms with Crippen molar-refractivity contribution in [3.05, 3.63) is 53.6 Å². The third-order valence-corrected chi connectivity index (χ3v) is 4.27. The number of hydrogen-bond donors (Lipinski definition) is 0. The summed E-state index contributed by atoms with van der Waals surface area (Å²) in [5, 5.41) is 0. The van der Waals surface area contributed by atoms with E-state index in [4.69, 9.17) is 14.2 Å². The molecule has 0 heterocycles. The van der Waals surface area contributed by atoms with Gasteiger partial charge in [-0.1, -0.05) is 41.5 Å². The molecule has 0 amide bonds. The molecular weight excluding hydrogens is 384 g/mol. The van der Waals surface area contributed by atoms with Crippen LogP contribution in [0.4, 0.5) is 0 Å². The quantitative estimate of drug-likeness (QED) is 0.211. The zero-order valence-corrected chi connectivity index (χ0v) is 18.3. The zero-order valence-electron chi connectivity index (χ0n) is 18.3. The highest BCUT2D eigenvalue weighted by Crippen LogP contribution is 2.16. The van der Waals surface area contributed by atoms with Crippen LogP contribution in [0.2, 0.25) is 0 Å². The van der Waals surface area contributed by atoms with Gasteiger partial charge >= 0.3 is 17.9 Å². The van der Waals surface area contributed by atoms with Gasteiger partial charge < -0.3 is 14.2 Å². The summed E-state index contributed by atoms with van der Waals surface area (Å²) in [6, 6.07) is 8.97. The summed E-state index contributed by atoms with van der Waals surface area (Å²) < 4.78 is 15.2. The second kappa shape index (κ2) is 14.1. The highest BCUT2D eigenvalue weighted by Gasteiger charge is 2.28. The van der Waals surface area contributed by atoms with E-state index in [0.717, 1.165) is 24.0 Å². The van der Waals surface area contributed by atoms with Gasteiger partial charge in [0, 0.05) is 0 Å². The molecule has 0 aliphatic carbocycles. The first-order valence-electron chi connectivity index (χ1n) is 10.3. The molecule has 0 aliphatic heterocycles. The molecule has 0 fully saturated rings. The summed E-state index contributed by atoms with van der Waals surface area (Å²) in [5.41, 5.74) is 1.98. The fraction of sp³-hybridized carbons (Fsp3) is 0.458. The second-order valence-corrected chi connectivity index (χ2v) is 6.90. The van der Waals surface area contributed by atoms with Gasteiger partial charge in [0.2, 0.25) is 0 Å². The van der Waals surface area contributed by atoms with Gasteiger partial charge in [-0.25, -0.2) is 0 Å². The maximum absolute atomic E-state index is 12.0. The van der Waals surface area contributed by atoms with Gasteiger partial charge in [0.1, 0.15) is 5.75 Å². The lowest BCUT2D eigenvalue weighted by molar-refractivity contribution is -0.161. The van der Waals surface area contributed by atoms with Gasteiger partial charge in [0.15, 0.2) is 5.92 Å². The number of carbonyl (C=O) groups is 3. The maximum Gasteiger partial charge on any atom is 0.320 e. The average molecular weight is 417 g/mol. The molecule has 1 aromatic carbocycles. The lowest BCUT2D eigenvalue weighted by atomic mass is 10.0. The summed E-state index contributed by atoms with van der Waals surface area (Å²) >= 11 is 0. The van der Waals surface area contributed by atoms with Crippen LogP contribution in [-0.2, 0) is 23.9 Å². The van der Waals surface area contributed by atoms with Crippen molar-refractivity contribution in [1.82, 2.24) is 0 Å². The first-order chi connectivity index (χ1) is 14.4. The van der Waals surface area contributed by atoms with Gasteiger partial charge in [0.05, 0.1) is 19.6 Å². The number of benzene rings is 1. The summed E-state index contributed by atoms with van der Waals surface area (Å²) in [5.74, 6) is -1.83. The Bertz CT molecular complexity index is 730. The van der Waals surface area contributed by atoms with Crippen LogP contribution >= 0.6 is 0 Å². The fourth-order valence-electron chi connectivity index (χ4n) is 2.70. The van der Waals surface area contributed by atoms with Crippen molar-refractivity contribution in [1.29, 1.82) is 0 Å². The standard InChI is InChI=1S/C24H32O6/c1-5-28-23(26)21(24(27)29-6-2)16-15-18(3)11-10-12-19(4)17-22(25)30-20-13-8-7-9-14-20/h7-9,12-15,21H,5-6,10-11,16-17H2,1-4H3/b18-15+,19-12+. The Hall–Kier alpha value is -2.89. The number of ether oxygens (including phenoxy) is 3. The monoisotopic (exact) mass is 416 g/mol. The highest BCUT2D eigenvalue weighted by molar-refractivity contribution is 5.95. The molecule has 0 radical (unpaired) electrons. The summed E-state index contributed by atoms with van der Waals surface area (Å²) in [6.45, 7) is 7.67. The highest BCUT2D eigenvalue weighted by atomic mass is 16.6. The van der Waals surface area contributed by atoms with Gasteiger partial charge in [-0.2, -0.15) is 0 Å². The predicted molar refractivity (Wildman–Crippen MR) is 115 cm³/mol. The summed E-state index contributed by atoms with van der Waals surface area (Å²) in [7, 11) is 0. The van der Waals surface area contributed by atoms with Crippen molar-refractivity contribution in [2.24, 2.45) is 5.92 Å². The summed E-state index contributed by atoms with van der Waals surface area (Å²) in [6.07, 6.45) is 5.84. The molecule has 0 saturated heterocycles. The van der Waals surface area contributed by atoms with E-state index in [2.05, 4.69) is 0 Å². The van der Waals surface area contributed by atoms with Crippen molar-refractivity contribution in [3.63, 3.8) is 0 Å². The van der Waals surface area contributed by atoms with Crippen LogP contribution in [-0.4, -0.2) is 31.1 Å². The van der Waals surface area contributed by atoms with E-state index in [1.54, 1.807) is 26.0 Å². The first-order valence-corrected chi connectivity index (χ1v) is 10.3. The van der Waals surface area contributed by atoms with Gasteiger partial charge in [0.25, 0.3) is 0 Å². The van der Waals surface area contributed by atoms with E-state index in [9.17, 15) is 14.4 Å². The first kappa shape index (κ1) is 25.1. The maximum atomic E-state index is 12.0. The molecule has 0 atom stereocenters. The number of carbonyl (C=O) groups excluding carboxylic acids is 3. The molecule has 1 rings (SSSR count). The van der Waals surface area contributed by atoms with Crippen LogP contribution in [0.1, 0.15) is 53.4 Å². The Morgan fingerprint density at radius 3 is 2.07 bits per heavy atom. The van der Waals surface area contributed by atoms with Crippen molar-refractivity contribution < 1.29 is 28.6 Å². The lowest BCUT2D eigenvalue weighted by Crippen LogP contribution is -2.27. The Labute approximate surface area is 178 Å². The van der Waals surface area contributed by atoms with E-state index < -0.39 is 17.9 Å². The van der Waals surface area contributed by atoms with Gasteiger partial charge in [-0.15, -0.1) is 0 Å².